The van der Waals surface area contributed by atoms with E-state index in [2.05, 4.69) is 9.71 Å². The number of furan rings is 1. The zero-order chi connectivity index (χ0) is 24.6. The Labute approximate surface area is 200 Å². The van der Waals surface area contributed by atoms with Gasteiger partial charge < -0.3 is 14.5 Å². The molecule has 1 N–H and O–H groups in total. The molecular formula is C25H18FN3O5S. The highest BCUT2D eigenvalue weighted by molar-refractivity contribution is 7.90. The molecule has 35 heavy (non-hydrogen) atoms. The van der Waals surface area contributed by atoms with Crippen LogP contribution >= 0.6 is 0 Å². The summed E-state index contributed by atoms with van der Waals surface area (Å²) >= 11 is 0. The molecule has 2 heterocycles. The molecule has 0 radical (unpaired) electrons. The normalized spacial score (nSPS) is 14.1. The standard InChI is InChI=1S/C25H18FN3O5S/c1-33-20-11-4-16(5-12-20)25(30)27-18-8-13-21-23(15-18)35(31,32)28-24(22-3-2-14-34-22)29(21)19-9-6-17(26)7-10-19/h2-15H,1H3,(H,27,30). The van der Waals surface area contributed by atoms with Crippen molar-refractivity contribution in [3.63, 3.8) is 0 Å². The Kier molecular flexibility index (Phi) is 5.58. The third kappa shape index (κ3) is 4.26. The summed E-state index contributed by atoms with van der Waals surface area (Å²) in [6, 6.07) is 19.7. The van der Waals surface area contributed by atoms with Gasteiger partial charge in [0.05, 0.1) is 19.1 Å². The Morgan fingerprint density at radius 2 is 1.77 bits per heavy atom. The predicted molar refractivity (Wildman–Crippen MR) is 128 cm³/mol. The van der Waals surface area contributed by atoms with Crippen molar-refractivity contribution in [2.45, 2.75) is 4.90 Å². The van der Waals surface area contributed by atoms with Gasteiger partial charge in [0.1, 0.15) is 16.5 Å². The predicted octanol–water partition coefficient (Wildman–Crippen LogP) is 4.97. The van der Waals surface area contributed by atoms with E-state index in [-0.39, 0.29) is 27.9 Å². The third-order valence-corrected chi connectivity index (χ3v) is 6.63. The number of methoxy groups -OCH3 is 1. The van der Waals surface area contributed by atoms with Gasteiger partial charge in [0.15, 0.2) is 11.6 Å². The average molecular weight is 492 g/mol. The van der Waals surface area contributed by atoms with E-state index in [9.17, 15) is 17.6 Å². The van der Waals surface area contributed by atoms with Crippen LogP contribution in [0.3, 0.4) is 0 Å². The molecule has 1 aliphatic heterocycles. The monoisotopic (exact) mass is 491 g/mol. The van der Waals surface area contributed by atoms with Crippen LogP contribution in [0.25, 0.3) is 0 Å². The summed E-state index contributed by atoms with van der Waals surface area (Å²) < 4.78 is 54.4. The van der Waals surface area contributed by atoms with E-state index in [4.69, 9.17) is 9.15 Å². The number of carbonyl (C=O) groups excluding carboxylic acids is 1. The van der Waals surface area contributed by atoms with Crippen molar-refractivity contribution < 1.29 is 26.8 Å². The summed E-state index contributed by atoms with van der Waals surface area (Å²) in [5, 5.41) is 2.71. The van der Waals surface area contributed by atoms with Crippen molar-refractivity contribution in [1.29, 1.82) is 0 Å². The lowest BCUT2D eigenvalue weighted by atomic mass is 10.1. The summed E-state index contributed by atoms with van der Waals surface area (Å²) in [5.41, 5.74) is 1.40. The first kappa shape index (κ1) is 22.4. The maximum Gasteiger partial charge on any atom is 0.286 e. The second-order valence-corrected chi connectivity index (χ2v) is 9.12. The van der Waals surface area contributed by atoms with Crippen molar-refractivity contribution in [3.05, 3.63) is 102 Å². The van der Waals surface area contributed by atoms with Crippen LogP contribution in [0.15, 0.2) is 98.8 Å². The fraction of sp³-hybridized carbons (Fsp3) is 0.0400. The summed E-state index contributed by atoms with van der Waals surface area (Å²) in [4.78, 5) is 14.1. The number of nitrogens with zero attached hydrogens (tertiary/aromatic N) is 2. The Morgan fingerprint density at radius 3 is 2.43 bits per heavy atom. The van der Waals surface area contributed by atoms with Gasteiger partial charge in [-0.25, -0.2) is 4.39 Å². The van der Waals surface area contributed by atoms with Gasteiger partial charge in [0.2, 0.25) is 0 Å². The summed E-state index contributed by atoms with van der Waals surface area (Å²) in [5.74, 6) is -0.000228. The van der Waals surface area contributed by atoms with Crippen molar-refractivity contribution >= 4 is 38.8 Å². The molecule has 0 saturated heterocycles. The van der Waals surface area contributed by atoms with Crippen molar-refractivity contribution in [2.24, 2.45) is 4.40 Å². The van der Waals surface area contributed by atoms with E-state index < -0.39 is 21.7 Å². The lowest BCUT2D eigenvalue weighted by Gasteiger charge is -2.30. The van der Waals surface area contributed by atoms with Crippen LogP contribution in [0, 0.1) is 5.82 Å². The smallest absolute Gasteiger partial charge is 0.286 e. The molecule has 10 heteroatoms. The lowest BCUT2D eigenvalue weighted by Crippen LogP contribution is -2.32. The number of hydrogen-bond acceptors (Lipinski definition) is 6. The number of halogens is 1. The van der Waals surface area contributed by atoms with E-state index >= 15 is 0 Å². The number of fused-ring (bicyclic) bond motifs is 1. The van der Waals surface area contributed by atoms with Gasteiger partial charge >= 0.3 is 0 Å². The quantitative estimate of drug-likeness (QED) is 0.423. The van der Waals surface area contributed by atoms with Gasteiger partial charge in [0, 0.05) is 16.9 Å². The molecule has 0 aliphatic carbocycles. The molecule has 0 unspecified atom stereocenters. The van der Waals surface area contributed by atoms with E-state index in [1.165, 1.54) is 43.7 Å². The van der Waals surface area contributed by atoms with Crippen molar-refractivity contribution in [1.82, 2.24) is 0 Å². The SMILES string of the molecule is COc1ccc(C(=O)Nc2ccc3c(c2)S(=O)(=O)N=C(c2ccco2)N3c2ccc(F)cc2)cc1. The molecule has 8 nitrogen and oxygen atoms in total. The third-order valence-electron chi connectivity index (χ3n) is 5.33. The fourth-order valence-electron chi connectivity index (χ4n) is 3.66. The summed E-state index contributed by atoms with van der Waals surface area (Å²) in [6.45, 7) is 0. The Hall–Kier alpha value is -4.44. The number of sulfonamides is 1. The van der Waals surface area contributed by atoms with Gasteiger partial charge in [-0.2, -0.15) is 8.42 Å². The molecule has 1 aromatic heterocycles. The maximum atomic E-state index is 13.6. The van der Waals surface area contributed by atoms with Gasteiger partial charge in [0.25, 0.3) is 15.9 Å². The van der Waals surface area contributed by atoms with Gasteiger partial charge in [-0.15, -0.1) is 4.40 Å². The van der Waals surface area contributed by atoms with E-state index in [1.807, 2.05) is 0 Å². The molecule has 0 spiro atoms. The highest BCUT2D eigenvalue weighted by Crippen LogP contribution is 2.39. The van der Waals surface area contributed by atoms with Gasteiger partial charge in [-0.05, 0) is 78.9 Å². The largest absolute Gasteiger partial charge is 0.497 e. The first-order chi connectivity index (χ1) is 16.9. The fourth-order valence-corrected chi connectivity index (χ4v) is 4.86. The molecule has 3 aromatic carbocycles. The van der Waals surface area contributed by atoms with Gasteiger partial charge in [-0.1, -0.05) is 0 Å². The number of nitrogens with one attached hydrogen (secondary N) is 1. The van der Waals surface area contributed by atoms with Crippen molar-refractivity contribution in [2.75, 3.05) is 17.3 Å². The van der Waals surface area contributed by atoms with Crippen LogP contribution in [0.5, 0.6) is 5.75 Å². The maximum absolute atomic E-state index is 13.6. The molecule has 1 amide bonds. The second kappa shape index (κ2) is 8.73. The molecule has 0 fully saturated rings. The van der Waals surface area contributed by atoms with E-state index in [0.717, 1.165) is 0 Å². The molecule has 4 aromatic rings. The van der Waals surface area contributed by atoms with Crippen LogP contribution in [-0.2, 0) is 10.0 Å². The number of benzene rings is 3. The molecule has 0 bridgehead atoms. The van der Waals surface area contributed by atoms with Crippen LogP contribution in [0.4, 0.5) is 21.5 Å². The molecule has 5 rings (SSSR count). The molecule has 1 aliphatic rings. The van der Waals surface area contributed by atoms with Crippen LogP contribution in [-0.4, -0.2) is 27.3 Å². The number of anilines is 3. The minimum atomic E-state index is -4.15. The Bertz CT molecular complexity index is 1530. The average Bonchev–Trinajstić information content (AvgIpc) is 3.40. The zero-order valence-electron chi connectivity index (χ0n) is 18.3. The highest BCUT2D eigenvalue weighted by Gasteiger charge is 2.34. The topological polar surface area (TPSA) is 101 Å². The number of carbonyl (C=O) groups is 1. The zero-order valence-corrected chi connectivity index (χ0v) is 19.1. The number of rotatable bonds is 5. The van der Waals surface area contributed by atoms with Crippen LogP contribution in [0.1, 0.15) is 16.1 Å². The molecule has 0 atom stereocenters. The minimum Gasteiger partial charge on any atom is -0.497 e. The van der Waals surface area contributed by atoms with Crippen LogP contribution < -0.4 is 15.0 Å². The summed E-state index contributed by atoms with van der Waals surface area (Å²) in [7, 11) is -2.63. The minimum absolute atomic E-state index is 0.0316. The number of amidine groups is 1. The molecular weight excluding hydrogens is 473 g/mol. The number of ether oxygens (including phenoxy) is 1. The number of amides is 1. The van der Waals surface area contributed by atoms with Crippen LogP contribution in [0.2, 0.25) is 0 Å². The van der Waals surface area contributed by atoms with Gasteiger partial charge in [-0.3, -0.25) is 9.69 Å². The molecule has 0 saturated carbocycles. The first-order valence-corrected chi connectivity index (χ1v) is 11.8. The molecule has 176 valence electrons. The van der Waals surface area contributed by atoms with E-state index in [0.29, 0.717) is 17.0 Å². The number of hydrogen-bond donors (Lipinski definition) is 1. The second-order valence-electron chi connectivity index (χ2n) is 7.54. The Balaban J connectivity index is 1.56. The van der Waals surface area contributed by atoms with E-state index in [1.54, 1.807) is 53.4 Å². The first-order valence-electron chi connectivity index (χ1n) is 10.4. The Morgan fingerprint density at radius 1 is 1.03 bits per heavy atom. The summed E-state index contributed by atoms with van der Waals surface area (Å²) in [6.07, 6.45) is 1.40. The highest BCUT2D eigenvalue weighted by atomic mass is 32.2. The lowest BCUT2D eigenvalue weighted by molar-refractivity contribution is 0.102. The van der Waals surface area contributed by atoms with Crippen molar-refractivity contribution in [3.8, 4) is 5.75 Å².